The number of amides is 1. The van der Waals surface area contributed by atoms with Gasteiger partial charge in [-0.05, 0) is 28.9 Å². The van der Waals surface area contributed by atoms with E-state index in [4.69, 9.17) is 9.52 Å². The number of carbonyl (C=O) groups excluding carboxylic acids is 1. The van der Waals surface area contributed by atoms with Crippen LogP contribution < -0.4 is 5.32 Å². The van der Waals surface area contributed by atoms with E-state index >= 15 is 0 Å². The maximum absolute atomic E-state index is 11.5. The number of hydrogen-bond donors (Lipinski definition) is 3. The van der Waals surface area contributed by atoms with Crippen LogP contribution in [-0.4, -0.2) is 34.2 Å². The molecule has 0 spiro atoms. The lowest BCUT2D eigenvalue weighted by Crippen LogP contribution is -2.46. The van der Waals surface area contributed by atoms with E-state index < -0.39 is 24.0 Å². The topological polar surface area (TPSA) is 99.8 Å². The molecule has 0 aliphatic carbocycles. The summed E-state index contributed by atoms with van der Waals surface area (Å²) in [5.74, 6) is -1.98. The first-order chi connectivity index (χ1) is 7.34. The maximum atomic E-state index is 11.5. The fourth-order valence-corrected chi connectivity index (χ4v) is 1.25. The van der Waals surface area contributed by atoms with Gasteiger partial charge in [-0.3, -0.25) is 4.79 Å². The van der Waals surface area contributed by atoms with Crippen LogP contribution in [0.3, 0.4) is 0 Å². The fourth-order valence-electron chi connectivity index (χ4n) is 0.864. The van der Waals surface area contributed by atoms with Crippen molar-refractivity contribution in [1.29, 1.82) is 0 Å². The van der Waals surface area contributed by atoms with Crippen LogP contribution in [0.2, 0.25) is 0 Å². The molecule has 1 amide bonds. The van der Waals surface area contributed by atoms with Crippen LogP contribution in [0.15, 0.2) is 21.2 Å². The Morgan fingerprint density at radius 3 is 2.69 bits per heavy atom. The Balaban J connectivity index is 2.61. The largest absolute Gasteiger partial charge is 0.479 e. The van der Waals surface area contributed by atoms with E-state index in [1.807, 2.05) is 0 Å². The van der Waals surface area contributed by atoms with Crippen LogP contribution in [0.1, 0.15) is 17.5 Å². The van der Waals surface area contributed by atoms with Gasteiger partial charge in [0.15, 0.2) is 5.60 Å². The van der Waals surface area contributed by atoms with Crippen molar-refractivity contribution in [2.75, 3.05) is 6.54 Å². The molecule has 1 atom stereocenters. The van der Waals surface area contributed by atoms with Crippen molar-refractivity contribution in [3.63, 3.8) is 0 Å². The van der Waals surface area contributed by atoms with Crippen LogP contribution in [0, 0.1) is 0 Å². The minimum Gasteiger partial charge on any atom is -0.479 e. The molecule has 1 rings (SSSR count). The SMILES string of the molecule is CC(O)(CNC(=O)c1occc1Br)C(=O)O. The van der Waals surface area contributed by atoms with Crippen LogP contribution >= 0.6 is 15.9 Å². The molecule has 1 unspecified atom stereocenters. The van der Waals surface area contributed by atoms with Gasteiger partial charge in [0.1, 0.15) is 0 Å². The number of aliphatic hydroxyl groups is 1. The van der Waals surface area contributed by atoms with Crippen LogP contribution in [-0.2, 0) is 4.79 Å². The number of nitrogens with one attached hydrogen (secondary N) is 1. The van der Waals surface area contributed by atoms with Gasteiger partial charge in [0.2, 0.25) is 5.76 Å². The first kappa shape index (κ1) is 12.7. The van der Waals surface area contributed by atoms with E-state index in [0.717, 1.165) is 6.92 Å². The molecule has 88 valence electrons. The number of carboxylic acid groups (broad SMARTS) is 1. The van der Waals surface area contributed by atoms with E-state index in [-0.39, 0.29) is 5.76 Å². The maximum Gasteiger partial charge on any atom is 0.337 e. The molecule has 0 fully saturated rings. The molecular formula is C9H10BrNO5. The third kappa shape index (κ3) is 2.83. The lowest BCUT2D eigenvalue weighted by Gasteiger charge is -2.17. The summed E-state index contributed by atoms with van der Waals surface area (Å²) in [6.07, 6.45) is 1.31. The van der Waals surface area contributed by atoms with Crippen molar-refractivity contribution in [2.24, 2.45) is 0 Å². The summed E-state index contributed by atoms with van der Waals surface area (Å²) >= 11 is 3.08. The number of rotatable bonds is 4. The third-order valence-electron chi connectivity index (χ3n) is 1.88. The molecule has 7 heteroatoms. The molecule has 6 nitrogen and oxygen atoms in total. The summed E-state index contributed by atoms with van der Waals surface area (Å²) in [6, 6.07) is 1.53. The number of carbonyl (C=O) groups is 2. The molecule has 0 saturated heterocycles. The van der Waals surface area contributed by atoms with Gasteiger partial charge in [-0.25, -0.2) is 4.79 Å². The fraction of sp³-hybridized carbons (Fsp3) is 0.333. The Morgan fingerprint density at radius 2 is 2.25 bits per heavy atom. The second kappa shape index (κ2) is 4.67. The summed E-state index contributed by atoms with van der Waals surface area (Å²) in [7, 11) is 0. The lowest BCUT2D eigenvalue weighted by molar-refractivity contribution is -0.155. The van der Waals surface area contributed by atoms with Gasteiger partial charge in [-0.2, -0.15) is 0 Å². The number of hydrogen-bond acceptors (Lipinski definition) is 4. The summed E-state index contributed by atoms with van der Waals surface area (Å²) in [4.78, 5) is 22.0. The number of halogens is 1. The first-order valence-corrected chi connectivity index (χ1v) is 5.11. The Hall–Kier alpha value is -1.34. The molecule has 1 aromatic heterocycles. The monoisotopic (exact) mass is 291 g/mol. The van der Waals surface area contributed by atoms with Crippen LogP contribution in [0.4, 0.5) is 0 Å². The zero-order valence-corrected chi connectivity index (χ0v) is 9.94. The van der Waals surface area contributed by atoms with E-state index in [1.165, 1.54) is 12.3 Å². The summed E-state index contributed by atoms with van der Waals surface area (Å²) in [5.41, 5.74) is -2.01. The number of carboxylic acids is 1. The molecule has 1 heterocycles. The average Bonchev–Trinajstić information content (AvgIpc) is 2.61. The predicted octanol–water partition coefficient (Wildman–Crippen LogP) is 0.608. The number of aliphatic carboxylic acids is 1. The minimum atomic E-state index is -2.01. The van der Waals surface area contributed by atoms with Gasteiger partial charge in [-0.15, -0.1) is 0 Å². The zero-order chi connectivity index (χ0) is 12.3. The molecule has 3 N–H and O–H groups in total. The van der Waals surface area contributed by atoms with Crippen molar-refractivity contribution in [3.05, 3.63) is 22.6 Å². The Morgan fingerprint density at radius 1 is 1.62 bits per heavy atom. The predicted molar refractivity (Wildman–Crippen MR) is 57.0 cm³/mol. The summed E-state index contributed by atoms with van der Waals surface area (Å²) < 4.78 is 5.32. The molecule has 0 bridgehead atoms. The van der Waals surface area contributed by atoms with Crippen LogP contribution in [0.5, 0.6) is 0 Å². The van der Waals surface area contributed by atoms with Gasteiger partial charge in [0.25, 0.3) is 5.91 Å². The van der Waals surface area contributed by atoms with E-state index in [2.05, 4.69) is 21.2 Å². The zero-order valence-electron chi connectivity index (χ0n) is 8.36. The molecule has 0 aliphatic heterocycles. The standard InChI is InChI=1S/C9H10BrNO5/c1-9(15,8(13)14)4-11-7(12)6-5(10)2-3-16-6/h2-3,15H,4H2,1H3,(H,11,12)(H,13,14). The molecule has 0 aliphatic rings. The van der Waals surface area contributed by atoms with Crippen molar-refractivity contribution < 1.29 is 24.2 Å². The highest BCUT2D eigenvalue weighted by Gasteiger charge is 2.30. The first-order valence-electron chi connectivity index (χ1n) is 4.31. The highest BCUT2D eigenvalue weighted by atomic mass is 79.9. The second-order valence-electron chi connectivity index (χ2n) is 3.36. The smallest absolute Gasteiger partial charge is 0.337 e. The molecule has 0 aromatic carbocycles. The van der Waals surface area contributed by atoms with Gasteiger partial charge in [0, 0.05) is 0 Å². The highest BCUT2D eigenvalue weighted by molar-refractivity contribution is 9.10. The summed E-state index contributed by atoms with van der Waals surface area (Å²) in [6.45, 7) is 0.682. The Bertz CT molecular complexity index is 412. The average molecular weight is 292 g/mol. The van der Waals surface area contributed by atoms with Crippen molar-refractivity contribution in [2.45, 2.75) is 12.5 Å². The van der Waals surface area contributed by atoms with E-state index in [0.29, 0.717) is 4.47 Å². The molecular weight excluding hydrogens is 282 g/mol. The second-order valence-corrected chi connectivity index (χ2v) is 4.21. The number of furan rings is 1. The quantitative estimate of drug-likeness (QED) is 0.755. The normalized spacial score (nSPS) is 14.2. The van der Waals surface area contributed by atoms with Crippen molar-refractivity contribution in [3.8, 4) is 0 Å². The Kier molecular flexibility index (Phi) is 3.71. The van der Waals surface area contributed by atoms with Crippen molar-refractivity contribution >= 4 is 27.8 Å². The van der Waals surface area contributed by atoms with Crippen molar-refractivity contribution in [1.82, 2.24) is 5.32 Å². The molecule has 0 saturated carbocycles. The highest BCUT2D eigenvalue weighted by Crippen LogP contribution is 2.17. The lowest BCUT2D eigenvalue weighted by atomic mass is 10.1. The van der Waals surface area contributed by atoms with Gasteiger partial charge in [0.05, 0.1) is 17.3 Å². The third-order valence-corrected chi connectivity index (χ3v) is 2.50. The molecule has 16 heavy (non-hydrogen) atoms. The van der Waals surface area contributed by atoms with E-state index in [1.54, 1.807) is 0 Å². The molecule has 0 radical (unpaired) electrons. The molecule has 1 aromatic rings. The Labute approximate surface area is 99.4 Å². The van der Waals surface area contributed by atoms with E-state index in [9.17, 15) is 14.7 Å². The summed E-state index contributed by atoms with van der Waals surface area (Å²) in [5, 5.41) is 20.2. The van der Waals surface area contributed by atoms with Crippen LogP contribution in [0.25, 0.3) is 0 Å². The van der Waals surface area contributed by atoms with Gasteiger partial charge in [-0.1, -0.05) is 0 Å². The van der Waals surface area contributed by atoms with Gasteiger partial charge >= 0.3 is 5.97 Å². The minimum absolute atomic E-state index is 0.0289. The van der Waals surface area contributed by atoms with Gasteiger partial charge < -0.3 is 19.9 Å².